The Hall–Kier alpha value is -0.730. The number of hydrogen-bond acceptors (Lipinski definition) is 2. The number of hydrogen-bond donors (Lipinski definition) is 0. The lowest BCUT2D eigenvalue weighted by molar-refractivity contribution is 0.281. The fraction of sp³-hybridized carbons (Fsp3) is 0.600. The van der Waals surface area contributed by atoms with E-state index in [1.807, 2.05) is 6.07 Å². The van der Waals surface area contributed by atoms with Crippen molar-refractivity contribution in [2.75, 3.05) is 27.2 Å². The zero-order valence-electron chi connectivity index (χ0n) is 12.2. The summed E-state index contributed by atoms with van der Waals surface area (Å²) in [5, 5.41) is 0. The maximum atomic E-state index is 5.77. The number of halogens is 1. The molecule has 0 atom stereocenters. The second kappa shape index (κ2) is 7.65. The van der Waals surface area contributed by atoms with Crippen molar-refractivity contribution in [3.8, 4) is 5.75 Å². The number of rotatable bonds is 5. The molecule has 0 heterocycles. The third-order valence-corrected chi connectivity index (χ3v) is 2.72. The van der Waals surface area contributed by atoms with Crippen LogP contribution in [0.15, 0.2) is 24.3 Å². The normalized spacial score (nSPS) is 11.2. The summed E-state index contributed by atoms with van der Waals surface area (Å²) >= 11 is 0. The van der Waals surface area contributed by atoms with Crippen molar-refractivity contribution in [1.29, 1.82) is 0 Å². The molecule has 0 aliphatic heterocycles. The SMILES string of the molecule is CN(C)CCCOc1cccc(C(C)(C)C)c1.Cl. The van der Waals surface area contributed by atoms with E-state index in [4.69, 9.17) is 4.74 Å². The highest BCUT2D eigenvalue weighted by Gasteiger charge is 2.13. The molecule has 0 aliphatic carbocycles. The molecule has 0 unspecified atom stereocenters. The zero-order chi connectivity index (χ0) is 12.9. The molecule has 2 nitrogen and oxygen atoms in total. The van der Waals surface area contributed by atoms with Gasteiger partial charge in [-0.1, -0.05) is 32.9 Å². The minimum atomic E-state index is 0. The van der Waals surface area contributed by atoms with Crippen LogP contribution >= 0.6 is 12.4 Å². The summed E-state index contributed by atoms with van der Waals surface area (Å²) in [6, 6.07) is 8.41. The van der Waals surface area contributed by atoms with Crippen molar-refractivity contribution in [2.24, 2.45) is 0 Å². The Balaban J connectivity index is 0.00000289. The van der Waals surface area contributed by atoms with Crippen molar-refractivity contribution in [1.82, 2.24) is 4.90 Å². The molecular weight excluding hydrogens is 246 g/mol. The van der Waals surface area contributed by atoms with E-state index >= 15 is 0 Å². The Kier molecular flexibility index (Phi) is 7.34. The molecule has 0 saturated carbocycles. The first kappa shape index (κ1) is 17.3. The van der Waals surface area contributed by atoms with Crippen molar-refractivity contribution >= 4 is 12.4 Å². The summed E-state index contributed by atoms with van der Waals surface area (Å²) in [7, 11) is 4.17. The Morgan fingerprint density at radius 2 is 1.83 bits per heavy atom. The molecule has 1 aromatic carbocycles. The van der Waals surface area contributed by atoms with Crippen molar-refractivity contribution in [2.45, 2.75) is 32.6 Å². The molecule has 0 aliphatic rings. The lowest BCUT2D eigenvalue weighted by Crippen LogP contribution is -2.15. The van der Waals surface area contributed by atoms with E-state index in [-0.39, 0.29) is 17.8 Å². The van der Waals surface area contributed by atoms with Gasteiger partial charge in [0.25, 0.3) is 0 Å². The topological polar surface area (TPSA) is 12.5 Å². The minimum Gasteiger partial charge on any atom is -0.494 e. The van der Waals surface area contributed by atoms with E-state index in [1.54, 1.807) is 0 Å². The summed E-state index contributed by atoms with van der Waals surface area (Å²) in [5.74, 6) is 0.983. The fourth-order valence-electron chi connectivity index (χ4n) is 1.62. The lowest BCUT2D eigenvalue weighted by Gasteiger charge is -2.20. The van der Waals surface area contributed by atoms with Crippen LogP contribution in [0.2, 0.25) is 0 Å². The molecule has 0 aromatic heterocycles. The van der Waals surface area contributed by atoms with Crippen LogP contribution in [-0.2, 0) is 5.41 Å². The van der Waals surface area contributed by atoms with E-state index in [0.717, 1.165) is 25.3 Å². The van der Waals surface area contributed by atoms with Crippen molar-refractivity contribution in [3.63, 3.8) is 0 Å². The van der Waals surface area contributed by atoms with Crippen LogP contribution in [0.5, 0.6) is 5.75 Å². The highest BCUT2D eigenvalue weighted by Crippen LogP contribution is 2.25. The molecule has 0 amide bonds. The maximum Gasteiger partial charge on any atom is 0.119 e. The molecule has 1 aromatic rings. The van der Waals surface area contributed by atoms with Gasteiger partial charge in [-0.25, -0.2) is 0 Å². The van der Waals surface area contributed by atoms with Gasteiger partial charge < -0.3 is 9.64 Å². The summed E-state index contributed by atoms with van der Waals surface area (Å²) < 4.78 is 5.77. The zero-order valence-corrected chi connectivity index (χ0v) is 13.0. The second-order valence-electron chi connectivity index (χ2n) is 5.78. The summed E-state index contributed by atoms with van der Waals surface area (Å²) in [5.41, 5.74) is 1.51. The number of benzene rings is 1. The van der Waals surface area contributed by atoms with Gasteiger partial charge in [0.05, 0.1) is 6.61 Å². The quantitative estimate of drug-likeness (QED) is 0.757. The van der Waals surface area contributed by atoms with Crippen LogP contribution in [0.1, 0.15) is 32.8 Å². The highest BCUT2D eigenvalue weighted by atomic mass is 35.5. The van der Waals surface area contributed by atoms with Gasteiger partial charge in [-0.3, -0.25) is 0 Å². The van der Waals surface area contributed by atoms with Gasteiger partial charge in [-0.2, -0.15) is 0 Å². The van der Waals surface area contributed by atoms with Gasteiger partial charge >= 0.3 is 0 Å². The molecule has 0 spiro atoms. The molecule has 0 N–H and O–H groups in total. The molecule has 104 valence electrons. The Bertz CT molecular complexity index is 345. The fourth-order valence-corrected chi connectivity index (χ4v) is 1.62. The Morgan fingerprint density at radius 3 is 2.39 bits per heavy atom. The van der Waals surface area contributed by atoms with E-state index in [1.165, 1.54) is 5.56 Å². The summed E-state index contributed by atoms with van der Waals surface area (Å²) in [4.78, 5) is 2.18. The molecule has 0 fully saturated rings. The lowest BCUT2D eigenvalue weighted by atomic mass is 9.87. The Labute approximate surface area is 118 Å². The van der Waals surface area contributed by atoms with Crippen LogP contribution < -0.4 is 4.74 Å². The van der Waals surface area contributed by atoms with Gasteiger partial charge in [0.1, 0.15) is 5.75 Å². The van der Waals surface area contributed by atoms with E-state index in [0.29, 0.717) is 0 Å². The minimum absolute atomic E-state index is 0. The monoisotopic (exact) mass is 271 g/mol. The highest BCUT2D eigenvalue weighted by molar-refractivity contribution is 5.85. The van der Waals surface area contributed by atoms with Gasteiger partial charge in [-0.05, 0) is 43.6 Å². The first-order valence-corrected chi connectivity index (χ1v) is 6.27. The average molecular weight is 272 g/mol. The Morgan fingerprint density at radius 1 is 1.17 bits per heavy atom. The number of nitrogens with zero attached hydrogens (tertiary/aromatic N) is 1. The standard InChI is InChI=1S/C15H25NO.ClH/c1-15(2,3)13-8-6-9-14(12-13)17-11-7-10-16(4)5;/h6,8-9,12H,7,10-11H2,1-5H3;1H. The number of ether oxygens (including phenoxy) is 1. The molecule has 3 heteroatoms. The summed E-state index contributed by atoms with van der Waals surface area (Å²) in [6.07, 6.45) is 1.06. The molecular formula is C15H26ClNO. The molecule has 0 bridgehead atoms. The largest absolute Gasteiger partial charge is 0.494 e. The van der Waals surface area contributed by atoms with Crippen molar-refractivity contribution in [3.05, 3.63) is 29.8 Å². The maximum absolute atomic E-state index is 5.77. The average Bonchev–Trinajstić information content (AvgIpc) is 2.23. The van der Waals surface area contributed by atoms with Crippen LogP contribution in [-0.4, -0.2) is 32.1 Å². The van der Waals surface area contributed by atoms with Gasteiger partial charge in [0, 0.05) is 6.54 Å². The predicted molar refractivity (Wildman–Crippen MR) is 81.1 cm³/mol. The van der Waals surface area contributed by atoms with Gasteiger partial charge in [-0.15, -0.1) is 12.4 Å². The second-order valence-corrected chi connectivity index (χ2v) is 5.78. The van der Waals surface area contributed by atoms with Crippen LogP contribution in [0.4, 0.5) is 0 Å². The van der Waals surface area contributed by atoms with Gasteiger partial charge in [0.2, 0.25) is 0 Å². The van der Waals surface area contributed by atoms with Crippen LogP contribution in [0, 0.1) is 0 Å². The van der Waals surface area contributed by atoms with Crippen LogP contribution in [0.25, 0.3) is 0 Å². The first-order valence-electron chi connectivity index (χ1n) is 6.27. The third kappa shape index (κ3) is 6.27. The smallest absolute Gasteiger partial charge is 0.119 e. The van der Waals surface area contributed by atoms with Crippen LogP contribution in [0.3, 0.4) is 0 Å². The first-order chi connectivity index (χ1) is 7.89. The predicted octanol–water partition coefficient (Wildman–Crippen LogP) is 3.74. The molecule has 0 radical (unpaired) electrons. The molecule has 1 rings (SSSR count). The molecule has 0 saturated heterocycles. The van der Waals surface area contributed by atoms with E-state index < -0.39 is 0 Å². The summed E-state index contributed by atoms with van der Waals surface area (Å²) in [6.45, 7) is 8.51. The van der Waals surface area contributed by atoms with E-state index in [2.05, 4.69) is 58.0 Å². The van der Waals surface area contributed by atoms with Gasteiger partial charge in [0.15, 0.2) is 0 Å². The van der Waals surface area contributed by atoms with Crippen molar-refractivity contribution < 1.29 is 4.74 Å². The molecule has 18 heavy (non-hydrogen) atoms. The van der Waals surface area contributed by atoms with E-state index in [9.17, 15) is 0 Å². The third-order valence-electron chi connectivity index (χ3n) is 2.72.